The van der Waals surface area contributed by atoms with Gasteiger partial charge in [-0.2, -0.15) is 0 Å². The Labute approximate surface area is 184 Å². The molecular formula is C27H29NO3. The summed E-state index contributed by atoms with van der Waals surface area (Å²) in [6.07, 6.45) is 1.84. The molecule has 160 valence electrons. The second kappa shape index (κ2) is 10.3. The van der Waals surface area contributed by atoms with Gasteiger partial charge in [-0.3, -0.25) is 4.79 Å². The molecule has 31 heavy (non-hydrogen) atoms. The van der Waals surface area contributed by atoms with Crippen molar-refractivity contribution in [1.82, 2.24) is 4.90 Å². The molecule has 0 spiro atoms. The van der Waals surface area contributed by atoms with Gasteiger partial charge in [0.2, 0.25) is 5.91 Å². The molecule has 1 amide bonds. The largest absolute Gasteiger partial charge is 0.497 e. The van der Waals surface area contributed by atoms with Crippen molar-refractivity contribution in [2.45, 2.75) is 24.9 Å². The Morgan fingerprint density at radius 3 is 2.13 bits per heavy atom. The van der Waals surface area contributed by atoms with Crippen molar-refractivity contribution in [3.63, 3.8) is 0 Å². The van der Waals surface area contributed by atoms with Crippen LogP contribution < -0.4 is 4.74 Å². The van der Waals surface area contributed by atoms with Crippen LogP contribution in [0.4, 0.5) is 0 Å². The Morgan fingerprint density at radius 2 is 1.55 bits per heavy atom. The molecule has 0 N–H and O–H groups in total. The van der Waals surface area contributed by atoms with Crippen LogP contribution in [0.3, 0.4) is 0 Å². The van der Waals surface area contributed by atoms with Crippen molar-refractivity contribution in [3.8, 4) is 5.75 Å². The highest BCUT2D eigenvalue weighted by atomic mass is 16.5. The fraction of sp³-hybridized carbons (Fsp3) is 0.296. The summed E-state index contributed by atoms with van der Waals surface area (Å²) in [7, 11) is 1.67. The third-order valence-corrected chi connectivity index (χ3v) is 5.94. The number of carbonyl (C=O) groups is 1. The minimum Gasteiger partial charge on any atom is -0.497 e. The molecule has 1 saturated heterocycles. The topological polar surface area (TPSA) is 38.8 Å². The number of nitrogens with zero attached hydrogens (tertiary/aromatic N) is 1. The second-order valence-electron chi connectivity index (χ2n) is 7.96. The average Bonchev–Trinajstić information content (AvgIpc) is 2.85. The number of hydrogen-bond donors (Lipinski definition) is 0. The monoisotopic (exact) mass is 415 g/mol. The Kier molecular flexibility index (Phi) is 7.00. The number of likely N-dealkylation sites (tertiary alicyclic amines) is 1. The number of amides is 1. The number of methoxy groups -OCH3 is 1. The zero-order valence-electron chi connectivity index (χ0n) is 17.9. The van der Waals surface area contributed by atoms with Gasteiger partial charge in [0.25, 0.3) is 0 Å². The predicted octanol–water partition coefficient (Wildman–Crippen LogP) is 5.21. The van der Waals surface area contributed by atoms with Crippen LogP contribution in [0, 0.1) is 0 Å². The van der Waals surface area contributed by atoms with E-state index in [9.17, 15) is 4.79 Å². The van der Waals surface area contributed by atoms with E-state index in [0.29, 0.717) is 5.92 Å². The highest BCUT2D eigenvalue weighted by molar-refractivity contribution is 5.77. The van der Waals surface area contributed by atoms with Crippen molar-refractivity contribution in [2.24, 2.45) is 0 Å². The van der Waals surface area contributed by atoms with Crippen molar-refractivity contribution in [2.75, 3.05) is 26.8 Å². The Bertz CT molecular complexity index is 917. The average molecular weight is 416 g/mol. The lowest BCUT2D eigenvalue weighted by Gasteiger charge is -2.33. The highest BCUT2D eigenvalue weighted by Crippen LogP contribution is 2.29. The van der Waals surface area contributed by atoms with Gasteiger partial charge in [-0.1, -0.05) is 72.8 Å². The van der Waals surface area contributed by atoms with Gasteiger partial charge < -0.3 is 14.4 Å². The van der Waals surface area contributed by atoms with Gasteiger partial charge in [-0.15, -0.1) is 0 Å². The van der Waals surface area contributed by atoms with E-state index in [4.69, 9.17) is 9.47 Å². The normalized spacial score (nSPS) is 16.3. The van der Waals surface area contributed by atoms with E-state index in [0.717, 1.165) is 42.8 Å². The Hall–Kier alpha value is -3.11. The van der Waals surface area contributed by atoms with E-state index >= 15 is 0 Å². The molecule has 1 aliphatic heterocycles. The van der Waals surface area contributed by atoms with Gasteiger partial charge in [0.05, 0.1) is 7.11 Å². The van der Waals surface area contributed by atoms with Crippen molar-refractivity contribution in [1.29, 1.82) is 0 Å². The predicted molar refractivity (Wildman–Crippen MR) is 122 cm³/mol. The van der Waals surface area contributed by atoms with Gasteiger partial charge in [0, 0.05) is 19.0 Å². The highest BCUT2D eigenvalue weighted by Gasteiger charge is 2.26. The maximum Gasteiger partial charge on any atom is 0.248 e. The Balaban J connectivity index is 1.41. The van der Waals surface area contributed by atoms with Crippen LogP contribution in [-0.2, 0) is 9.53 Å². The van der Waals surface area contributed by atoms with Gasteiger partial charge in [-0.25, -0.2) is 0 Å². The van der Waals surface area contributed by atoms with E-state index in [1.165, 1.54) is 5.56 Å². The summed E-state index contributed by atoms with van der Waals surface area (Å²) in [6, 6.07) is 28.4. The first-order chi connectivity index (χ1) is 15.2. The second-order valence-corrected chi connectivity index (χ2v) is 7.96. The van der Waals surface area contributed by atoms with Crippen LogP contribution >= 0.6 is 0 Å². The molecular weight excluding hydrogens is 386 g/mol. The molecule has 1 fully saturated rings. The summed E-state index contributed by atoms with van der Waals surface area (Å²) in [4.78, 5) is 15.0. The van der Waals surface area contributed by atoms with Crippen LogP contribution in [0.15, 0.2) is 84.9 Å². The summed E-state index contributed by atoms with van der Waals surface area (Å²) >= 11 is 0. The number of ether oxygens (including phenoxy) is 2. The molecule has 1 aliphatic rings. The maximum absolute atomic E-state index is 13.0. The van der Waals surface area contributed by atoms with E-state index in [1.807, 2.05) is 77.7 Å². The molecule has 1 unspecified atom stereocenters. The first-order valence-electron chi connectivity index (χ1n) is 10.9. The first-order valence-corrected chi connectivity index (χ1v) is 10.9. The van der Waals surface area contributed by atoms with Gasteiger partial charge in [0.15, 0.2) is 0 Å². The molecule has 4 heteroatoms. The standard InChI is InChI=1S/C27H29NO3/c1-30-25-16-14-21(15-17-25)24-13-8-18-28(19-24)26(29)20-31-27(22-9-4-2-5-10-22)23-11-6-3-7-12-23/h2-7,9-12,14-17,24,27H,8,13,18-20H2,1H3. The van der Waals surface area contributed by atoms with Crippen LogP contribution in [0.1, 0.15) is 41.6 Å². The summed E-state index contributed by atoms with van der Waals surface area (Å²) in [5, 5.41) is 0. The maximum atomic E-state index is 13.0. The van der Waals surface area contributed by atoms with E-state index in [-0.39, 0.29) is 18.6 Å². The molecule has 3 aromatic carbocycles. The number of hydrogen-bond acceptors (Lipinski definition) is 3. The minimum absolute atomic E-state index is 0.0510. The van der Waals surface area contributed by atoms with Gasteiger partial charge >= 0.3 is 0 Å². The number of rotatable bonds is 7. The SMILES string of the molecule is COc1ccc(C2CCCN(C(=O)COC(c3ccccc3)c3ccccc3)C2)cc1. The molecule has 1 atom stereocenters. The van der Waals surface area contributed by atoms with Gasteiger partial charge in [-0.05, 0) is 41.7 Å². The first kappa shape index (κ1) is 21.1. The molecule has 4 rings (SSSR count). The smallest absolute Gasteiger partial charge is 0.248 e. The summed E-state index contributed by atoms with van der Waals surface area (Å²) in [5.41, 5.74) is 3.36. The van der Waals surface area contributed by atoms with E-state index < -0.39 is 0 Å². The number of benzene rings is 3. The van der Waals surface area contributed by atoms with Crippen molar-refractivity contribution in [3.05, 3.63) is 102 Å². The molecule has 0 bridgehead atoms. The molecule has 0 aromatic heterocycles. The number of carbonyl (C=O) groups excluding carboxylic acids is 1. The van der Waals surface area contributed by atoms with Crippen LogP contribution in [0.2, 0.25) is 0 Å². The fourth-order valence-corrected chi connectivity index (χ4v) is 4.24. The van der Waals surface area contributed by atoms with Crippen molar-refractivity contribution >= 4 is 5.91 Å². The van der Waals surface area contributed by atoms with Crippen LogP contribution in [0.5, 0.6) is 5.75 Å². The lowest BCUT2D eigenvalue weighted by atomic mass is 9.90. The third kappa shape index (κ3) is 5.33. The lowest BCUT2D eigenvalue weighted by molar-refractivity contribution is -0.138. The summed E-state index contributed by atoms with van der Waals surface area (Å²) in [6.45, 7) is 1.59. The summed E-state index contributed by atoms with van der Waals surface area (Å²) in [5.74, 6) is 1.26. The number of piperidine rings is 1. The fourth-order valence-electron chi connectivity index (χ4n) is 4.24. The van der Waals surface area contributed by atoms with Crippen LogP contribution in [-0.4, -0.2) is 37.6 Å². The molecule has 1 heterocycles. The van der Waals surface area contributed by atoms with Crippen LogP contribution in [0.25, 0.3) is 0 Å². The quantitative estimate of drug-likeness (QED) is 0.532. The van der Waals surface area contributed by atoms with Gasteiger partial charge in [0.1, 0.15) is 18.5 Å². The third-order valence-electron chi connectivity index (χ3n) is 5.94. The van der Waals surface area contributed by atoms with Crippen molar-refractivity contribution < 1.29 is 14.3 Å². The van der Waals surface area contributed by atoms with E-state index in [1.54, 1.807) is 7.11 Å². The van der Waals surface area contributed by atoms with E-state index in [2.05, 4.69) is 12.1 Å². The molecule has 0 radical (unpaired) electrons. The Morgan fingerprint density at radius 1 is 0.935 bits per heavy atom. The summed E-state index contributed by atoms with van der Waals surface area (Å²) < 4.78 is 11.5. The molecule has 4 nitrogen and oxygen atoms in total. The zero-order chi connectivity index (χ0) is 21.5. The minimum atomic E-state index is -0.256. The molecule has 0 saturated carbocycles. The zero-order valence-corrected chi connectivity index (χ0v) is 17.9. The molecule has 3 aromatic rings. The molecule has 0 aliphatic carbocycles. The lowest BCUT2D eigenvalue weighted by Crippen LogP contribution is -2.41.